The smallest absolute Gasteiger partial charge is 0.252 e. The molecule has 3 rings (SSSR count). The van der Waals surface area contributed by atoms with Crippen molar-refractivity contribution in [2.75, 3.05) is 32.5 Å². The van der Waals surface area contributed by atoms with E-state index in [0.717, 1.165) is 0 Å². The standard InChI is InChI=1S/C16H20N4O4S/c1-25(22,23)20-8-9-24-12(11-20)10-19-16(21)14-5-3-2-4-13(14)15-17-6-7-18-15/h2-7,12H,8-11H2,1H3,(H,17,18)(H,19,21)/t12-/m1/s1. The topological polar surface area (TPSA) is 104 Å². The van der Waals surface area contributed by atoms with Gasteiger partial charge >= 0.3 is 0 Å². The van der Waals surface area contributed by atoms with Crippen LogP contribution in [0.5, 0.6) is 0 Å². The highest BCUT2D eigenvalue weighted by molar-refractivity contribution is 7.88. The van der Waals surface area contributed by atoms with Gasteiger partial charge < -0.3 is 15.0 Å². The van der Waals surface area contributed by atoms with Crippen molar-refractivity contribution in [3.63, 3.8) is 0 Å². The molecule has 0 bridgehead atoms. The molecule has 2 heterocycles. The van der Waals surface area contributed by atoms with E-state index in [-0.39, 0.29) is 25.1 Å². The molecule has 1 aromatic carbocycles. The number of carbonyl (C=O) groups excluding carboxylic acids is 1. The number of amides is 1. The van der Waals surface area contributed by atoms with E-state index in [9.17, 15) is 13.2 Å². The Morgan fingerprint density at radius 2 is 2.24 bits per heavy atom. The zero-order chi connectivity index (χ0) is 17.9. The minimum absolute atomic E-state index is 0.233. The first-order valence-electron chi connectivity index (χ1n) is 7.89. The maximum atomic E-state index is 12.5. The van der Waals surface area contributed by atoms with Gasteiger partial charge in [0, 0.05) is 37.6 Å². The van der Waals surface area contributed by atoms with Gasteiger partial charge in [-0.25, -0.2) is 13.4 Å². The number of imidazole rings is 1. The highest BCUT2D eigenvalue weighted by Crippen LogP contribution is 2.19. The molecule has 0 unspecified atom stereocenters. The number of H-pyrrole nitrogens is 1. The molecule has 0 saturated carbocycles. The number of hydrogen-bond acceptors (Lipinski definition) is 5. The second kappa shape index (κ2) is 7.34. The first kappa shape index (κ1) is 17.6. The van der Waals surface area contributed by atoms with Gasteiger partial charge in [0.25, 0.3) is 5.91 Å². The maximum Gasteiger partial charge on any atom is 0.252 e. The third kappa shape index (κ3) is 4.25. The van der Waals surface area contributed by atoms with Gasteiger partial charge in [0.15, 0.2) is 0 Å². The third-order valence-corrected chi connectivity index (χ3v) is 5.26. The van der Waals surface area contributed by atoms with Gasteiger partial charge in [0.1, 0.15) is 5.82 Å². The number of nitrogens with zero attached hydrogens (tertiary/aromatic N) is 2. The molecule has 0 radical (unpaired) electrons. The summed E-state index contributed by atoms with van der Waals surface area (Å²) in [4.78, 5) is 19.7. The maximum absolute atomic E-state index is 12.5. The van der Waals surface area contributed by atoms with Crippen molar-refractivity contribution in [1.29, 1.82) is 0 Å². The molecule has 1 fully saturated rings. The number of nitrogens with one attached hydrogen (secondary N) is 2. The number of rotatable bonds is 5. The summed E-state index contributed by atoms with van der Waals surface area (Å²) < 4.78 is 30.2. The van der Waals surface area contributed by atoms with Gasteiger partial charge in [-0.2, -0.15) is 4.31 Å². The molecule has 1 saturated heterocycles. The van der Waals surface area contributed by atoms with Gasteiger partial charge in [-0.15, -0.1) is 0 Å². The monoisotopic (exact) mass is 364 g/mol. The molecule has 2 aromatic rings. The molecule has 0 aliphatic carbocycles. The average molecular weight is 364 g/mol. The first-order valence-corrected chi connectivity index (χ1v) is 9.73. The number of benzene rings is 1. The van der Waals surface area contributed by atoms with Gasteiger partial charge in [0.05, 0.1) is 24.5 Å². The van der Waals surface area contributed by atoms with E-state index in [0.29, 0.717) is 30.1 Å². The lowest BCUT2D eigenvalue weighted by atomic mass is 10.1. The summed E-state index contributed by atoms with van der Waals surface area (Å²) in [6.07, 6.45) is 4.12. The Hall–Kier alpha value is -2.23. The molecule has 0 spiro atoms. The van der Waals surface area contributed by atoms with Gasteiger partial charge in [-0.1, -0.05) is 18.2 Å². The molecule has 1 aliphatic rings. The average Bonchev–Trinajstić information content (AvgIpc) is 3.14. The fraction of sp³-hybridized carbons (Fsp3) is 0.375. The minimum Gasteiger partial charge on any atom is -0.374 e. The summed E-state index contributed by atoms with van der Waals surface area (Å²) in [5, 5.41) is 2.82. The Morgan fingerprint density at radius 1 is 1.44 bits per heavy atom. The summed E-state index contributed by atoms with van der Waals surface area (Å²) >= 11 is 0. The minimum atomic E-state index is -3.26. The quantitative estimate of drug-likeness (QED) is 0.802. The van der Waals surface area contributed by atoms with E-state index in [4.69, 9.17) is 4.74 Å². The Bertz CT molecular complexity index is 836. The highest BCUT2D eigenvalue weighted by atomic mass is 32.2. The number of ether oxygens (including phenoxy) is 1. The van der Waals surface area contributed by atoms with Gasteiger partial charge in [-0.3, -0.25) is 4.79 Å². The molecule has 1 amide bonds. The number of hydrogen-bond donors (Lipinski definition) is 2. The number of morpholine rings is 1. The van der Waals surface area contributed by atoms with Gasteiger partial charge in [-0.05, 0) is 6.07 Å². The summed E-state index contributed by atoms with van der Waals surface area (Å²) in [7, 11) is -3.26. The van der Waals surface area contributed by atoms with Crippen molar-refractivity contribution in [3.05, 3.63) is 42.2 Å². The number of carbonyl (C=O) groups is 1. The van der Waals surface area contributed by atoms with Crippen LogP contribution in [0.15, 0.2) is 36.7 Å². The molecule has 1 atom stereocenters. The van der Waals surface area contributed by atoms with Crippen LogP contribution in [0.1, 0.15) is 10.4 Å². The summed E-state index contributed by atoms with van der Waals surface area (Å²) in [6, 6.07) is 7.15. The SMILES string of the molecule is CS(=O)(=O)N1CCO[C@H](CNC(=O)c2ccccc2-c2ncc[nH]2)C1. The van der Waals surface area contributed by atoms with Crippen LogP contribution < -0.4 is 5.32 Å². The number of sulfonamides is 1. The summed E-state index contributed by atoms with van der Waals surface area (Å²) in [6.45, 7) is 1.12. The fourth-order valence-corrected chi connectivity index (χ4v) is 3.56. The Morgan fingerprint density at radius 3 is 2.96 bits per heavy atom. The highest BCUT2D eigenvalue weighted by Gasteiger charge is 2.27. The molecule has 8 nitrogen and oxygen atoms in total. The van der Waals surface area contributed by atoms with E-state index in [1.807, 2.05) is 12.1 Å². The molecular weight excluding hydrogens is 344 g/mol. The van der Waals surface area contributed by atoms with Crippen molar-refractivity contribution in [2.24, 2.45) is 0 Å². The van der Waals surface area contributed by atoms with Crippen molar-refractivity contribution < 1.29 is 17.9 Å². The first-order chi connectivity index (χ1) is 11.9. The zero-order valence-corrected chi connectivity index (χ0v) is 14.6. The molecule has 2 N–H and O–H groups in total. The van der Waals surface area contributed by atoms with Crippen LogP contribution >= 0.6 is 0 Å². The van der Waals surface area contributed by atoms with Crippen molar-refractivity contribution in [3.8, 4) is 11.4 Å². The molecule has 9 heteroatoms. The van der Waals surface area contributed by atoms with Crippen LogP contribution in [-0.2, 0) is 14.8 Å². The van der Waals surface area contributed by atoms with E-state index in [1.54, 1.807) is 24.5 Å². The van der Waals surface area contributed by atoms with Crippen molar-refractivity contribution in [2.45, 2.75) is 6.10 Å². The normalized spacial score (nSPS) is 18.8. The fourth-order valence-electron chi connectivity index (χ4n) is 2.72. The van der Waals surface area contributed by atoms with E-state index in [2.05, 4.69) is 15.3 Å². The lowest BCUT2D eigenvalue weighted by molar-refractivity contribution is 0.000441. The number of aromatic nitrogens is 2. The van der Waals surface area contributed by atoms with Crippen LogP contribution in [0.25, 0.3) is 11.4 Å². The van der Waals surface area contributed by atoms with Crippen molar-refractivity contribution in [1.82, 2.24) is 19.6 Å². The van der Waals surface area contributed by atoms with E-state index >= 15 is 0 Å². The molecular formula is C16H20N4O4S. The predicted octanol–water partition coefficient (Wildman–Crippen LogP) is 0.467. The second-order valence-corrected chi connectivity index (χ2v) is 7.79. The largest absolute Gasteiger partial charge is 0.374 e. The van der Waals surface area contributed by atoms with E-state index in [1.165, 1.54) is 10.6 Å². The predicted molar refractivity (Wildman–Crippen MR) is 92.5 cm³/mol. The van der Waals surface area contributed by atoms with Crippen LogP contribution in [-0.4, -0.2) is 67.2 Å². The lowest BCUT2D eigenvalue weighted by Crippen LogP contribution is -2.49. The van der Waals surface area contributed by atoms with E-state index < -0.39 is 10.0 Å². The second-order valence-electron chi connectivity index (χ2n) is 5.81. The third-order valence-electron chi connectivity index (χ3n) is 3.99. The van der Waals surface area contributed by atoms with Crippen molar-refractivity contribution >= 4 is 15.9 Å². The zero-order valence-electron chi connectivity index (χ0n) is 13.8. The van der Waals surface area contributed by atoms with Gasteiger partial charge in [0.2, 0.25) is 10.0 Å². The Labute approximate surface area is 146 Å². The number of aromatic amines is 1. The molecule has 1 aromatic heterocycles. The van der Waals surface area contributed by atoms with Crippen LogP contribution in [0.3, 0.4) is 0 Å². The van der Waals surface area contributed by atoms with Crippen LogP contribution in [0.4, 0.5) is 0 Å². The Kier molecular flexibility index (Phi) is 5.16. The summed E-state index contributed by atoms with van der Waals surface area (Å²) in [5.41, 5.74) is 1.19. The molecule has 134 valence electrons. The molecule has 1 aliphatic heterocycles. The molecule has 25 heavy (non-hydrogen) atoms. The lowest BCUT2D eigenvalue weighted by Gasteiger charge is -2.31. The Balaban J connectivity index is 1.66. The summed E-state index contributed by atoms with van der Waals surface area (Å²) in [5.74, 6) is 0.356. The van der Waals surface area contributed by atoms with Crippen LogP contribution in [0, 0.1) is 0 Å². The van der Waals surface area contributed by atoms with Crippen LogP contribution in [0.2, 0.25) is 0 Å².